The molecule has 2 rings (SSSR count). The average Bonchev–Trinajstić information content (AvgIpc) is 2.55. The van der Waals surface area contributed by atoms with Crippen LogP contribution in [0.25, 0.3) is 0 Å². The molecule has 0 aliphatic rings. The van der Waals surface area contributed by atoms with Crippen LogP contribution in [0.15, 0.2) is 58.3 Å². The van der Waals surface area contributed by atoms with Gasteiger partial charge in [0.25, 0.3) is 0 Å². The molecule has 7 nitrogen and oxygen atoms in total. The van der Waals surface area contributed by atoms with E-state index in [4.69, 9.17) is 11.5 Å². The van der Waals surface area contributed by atoms with Gasteiger partial charge in [0.2, 0.25) is 0 Å². The predicted octanol–water partition coefficient (Wildman–Crippen LogP) is 0.688. The number of rotatable bonds is 8. The van der Waals surface area contributed by atoms with E-state index in [0.29, 0.717) is 11.4 Å². The quantitative estimate of drug-likeness (QED) is 0.451. The smallest absolute Gasteiger partial charge is 0.179 e. The molecule has 0 heterocycles. The van der Waals surface area contributed by atoms with Gasteiger partial charge in [-0.1, -0.05) is 0 Å². The fourth-order valence-corrected chi connectivity index (χ4v) is 4.52. The van der Waals surface area contributed by atoms with Crippen LogP contribution in [0.5, 0.6) is 0 Å². The maximum absolute atomic E-state index is 12.1. The molecule has 9 heteroatoms. The lowest BCUT2D eigenvalue weighted by atomic mass is 10.3. The number of hydrogen-bond acceptors (Lipinski definition) is 7. The van der Waals surface area contributed by atoms with Gasteiger partial charge in [-0.3, -0.25) is 0 Å². The normalized spacial score (nSPS) is 12.2. The van der Waals surface area contributed by atoms with Gasteiger partial charge in [0.1, 0.15) is 0 Å². The molecule has 0 aromatic heterocycles. The maximum Gasteiger partial charge on any atom is 0.179 e. The van der Waals surface area contributed by atoms with Crippen LogP contribution in [-0.4, -0.2) is 41.4 Å². The summed E-state index contributed by atoms with van der Waals surface area (Å²) in [5.74, 6) is -0.252. The van der Waals surface area contributed by atoms with Crippen molar-refractivity contribution in [2.75, 3.05) is 36.1 Å². The highest BCUT2D eigenvalue weighted by atomic mass is 32.2. The molecule has 0 saturated carbocycles. The van der Waals surface area contributed by atoms with Gasteiger partial charge in [0.15, 0.2) is 19.7 Å². The van der Waals surface area contributed by atoms with Crippen molar-refractivity contribution in [3.05, 3.63) is 48.5 Å². The molecule has 136 valence electrons. The Bertz CT molecular complexity index is 829. The highest BCUT2D eigenvalue weighted by Crippen LogP contribution is 2.14. The fraction of sp³-hybridized carbons (Fsp3) is 0.250. The number of nitrogen functional groups attached to an aromatic ring is 2. The number of hydrogen-bond donors (Lipinski definition) is 3. The molecule has 0 radical (unpaired) electrons. The van der Waals surface area contributed by atoms with E-state index >= 15 is 0 Å². The zero-order chi connectivity index (χ0) is 18.5. The molecule has 0 spiro atoms. The van der Waals surface area contributed by atoms with Crippen molar-refractivity contribution in [3.8, 4) is 0 Å². The topological polar surface area (TPSA) is 132 Å². The van der Waals surface area contributed by atoms with Crippen molar-refractivity contribution in [2.24, 2.45) is 0 Å². The van der Waals surface area contributed by atoms with Crippen LogP contribution < -0.4 is 16.8 Å². The molecular weight excluding hydrogens is 362 g/mol. The molecule has 0 amide bonds. The largest absolute Gasteiger partial charge is 0.399 e. The van der Waals surface area contributed by atoms with Crippen LogP contribution in [0.3, 0.4) is 0 Å². The van der Waals surface area contributed by atoms with Crippen LogP contribution in [0.2, 0.25) is 0 Å². The van der Waals surface area contributed by atoms with Gasteiger partial charge in [-0.25, -0.2) is 16.8 Å². The first-order valence-electron chi connectivity index (χ1n) is 7.58. The van der Waals surface area contributed by atoms with Crippen molar-refractivity contribution in [2.45, 2.75) is 9.79 Å². The third-order valence-electron chi connectivity index (χ3n) is 3.57. The Morgan fingerprint density at radius 3 is 1.28 bits per heavy atom. The highest BCUT2D eigenvalue weighted by Gasteiger charge is 2.15. The van der Waals surface area contributed by atoms with Crippen molar-refractivity contribution < 1.29 is 16.8 Å². The van der Waals surface area contributed by atoms with Crippen LogP contribution in [-0.2, 0) is 19.7 Å². The molecule has 0 aliphatic heterocycles. The van der Waals surface area contributed by atoms with E-state index in [1.807, 2.05) is 0 Å². The summed E-state index contributed by atoms with van der Waals surface area (Å²) in [6.07, 6.45) is 0. The number of nitrogens with one attached hydrogen (secondary N) is 1. The molecule has 0 aliphatic carbocycles. The standard InChI is InChI=1S/C16H21N3O4S2/c17-13-1-5-15(6-2-13)24(20,21)11-9-19-10-12-25(22,23)16-7-3-14(18)4-8-16/h1-8,19H,9-12,17-18H2. The molecule has 5 N–H and O–H groups in total. The number of benzene rings is 2. The van der Waals surface area contributed by atoms with E-state index in [0.717, 1.165) is 0 Å². The van der Waals surface area contributed by atoms with E-state index in [9.17, 15) is 16.8 Å². The molecule has 0 saturated heterocycles. The molecular formula is C16H21N3O4S2. The lowest BCUT2D eigenvalue weighted by Crippen LogP contribution is -2.28. The lowest BCUT2D eigenvalue weighted by Gasteiger charge is -2.08. The Balaban J connectivity index is 1.83. The van der Waals surface area contributed by atoms with E-state index in [2.05, 4.69) is 5.32 Å². The summed E-state index contributed by atoms with van der Waals surface area (Å²) in [5.41, 5.74) is 12.1. The molecule has 25 heavy (non-hydrogen) atoms. The number of sulfone groups is 2. The molecule has 2 aromatic rings. The zero-order valence-electron chi connectivity index (χ0n) is 13.6. The minimum Gasteiger partial charge on any atom is -0.399 e. The highest BCUT2D eigenvalue weighted by molar-refractivity contribution is 7.91. The number of anilines is 2. The SMILES string of the molecule is Nc1ccc(S(=O)(=O)CCNCCS(=O)(=O)c2ccc(N)cc2)cc1. The second kappa shape index (κ2) is 7.85. The maximum atomic E-state index is 12.1. The minimum atomic E-state index is -3.43. The van der Waals surface area contributed by atoms with Gasteiger partial charge in [0.05, 0.1) is 21.3 Å². The van der Waals surface area contributed by atoms with Gasteiger partial charge in [-0.2, -0.15) is 0 Å². The summed E-state index contributed by atoms with van der Waals surface area (Å²) in [7, 11) is -6.86. The second-order valence-electron chi connectivity index (χ2n) is 5.53. The van der Waals surface area contributed by atoms with Crippen LogP contribution in [0.1, 0.15) is 0 Å². The van der Waals surface area contributed by atoms with Crippen LogP contribution in [0.4, 0.5) is 11.4 Å². The Morgan fingerprint density at radius 1 is 0.640 bits per heavy atom. The van der Waals surface area contributed by atoms with Gasteiger partial charge < -0.3 is 16.8 Å². The molecule has 0 bridgehead atoms. The monoisotopic (exact) mass is 383 g/mol. The molecule has 0 fully saturated rings. The van der Waals surface area contributed by atoms with Gasteiger partial charge >= 0.3 is 0 Å². The van der Waals surface area contributed by atoms with E-state index in [1.165, 1.54) is 48.5 Å². The molecule has 2 aromatic carbocycles. The van der Waals surface area contributed by atoms with Crippen LogP contribution in [0, 0.1) is 0 Å². The first-order chi connectivity index (χ1) is 11.7. The fourth-order valence-electron chi connectivity index (χ4n) is 2.12. The van der Waals surface area contributed by atoms with Gasteiger partial charge in [-0.05, 0) is 48.5 Å². The molecule has 0 unspecified atom stereocenters. The third-order valence-corrected chi connectivity index (χ3v) is 7.04. The minimum absolute atomic E-state index is 0.126. The summed E-state index contributed by atoms with van der Waals surface area (Å²) < 4.78 is 48.6. The zero-order valence-corrected chi connectivity index (χ0v) is 15.2. The Morgan fingerprint density at radius 2 is 0.960 bits per heavy atom. The van der Waals surface area contributed by atoms with Gasteiger partial charge in [0, 0.05) is 24.5 Å². The van der Waals surface area contributed by atoms with E-state index in [-0.39, 0.29) is 34.4 Å². The average molecular weight is 383 g/mol. The van der Waals surface area contributed by atoms with Gasteiger partial charge in [-0.15, -0.1) is 0 Å². The summed E-state index contributed by atoms with van der Waals surface area (Å²) in [4.78, 5) is 0.385. The van der Waals surface area contributed by atoms with Crippen molar-refractivity contribution in [1.29, 1.82) is 0 Å². The summed E-state index contributed by atoms with van der Waals surface area (Å²) in [5, 5.41) is 2.85. The van der Waals surface area contributed by atoms with Crippen molar-refractivity contribution >= 4 is 31.0 Å². The van der Waals surface area contributed by atoms with Crippen molar-refractivity contribution in [3.63, 3.8) is 0 Å². The van der Waals surface area contributed by atoms with E-state index < -0.39 is 19.7 Å². The lowest BCUT2D eigenvalue weighted by molar-refractivity contribution is 0.588. The van der Waals surface area contributed by atoms with E-state index in [1.54, 1.807) is 0 Å². The van der Waals surface area contributed by atoms with Crippen LogP contribution >= 0.6 is 0 Å². The molecule has 0 atom stereocenters. The number of nitrogens with two attached hydrogens (primary N) is 2. The summed E-state index contributed by atoms with van der Waals surface area (Å²) in [6.45, 7) is 0.313. The van der Waals surface area contributed by atoms with Crippen molar-refractivity contribution in [1.82, 2.24) is 5.32 Å². The Hall–Kier alpha value is -2.10. The summed E-state index contributed by atoms with van der Waals surface area (Å²) >= 11 is 0. The summed E-state index contributed by atoms with van der Waals surface area (Å²) in [6, 6.07) is 11.9. The first-order valence-corrected chi connectivity index (χ1v) is 10.9. The predicted molar refractivity (Wildman–Crippen MR) is 98.7 cm³/mol. The Kier molecular flexibility index (Phi) is 6.04. The third kappa shape index (κ3) is 5.45. The first kappa shape index (κ1) is 19.2. The second-order valence-corrected chi connectivity index (χ2v) is 9.74. The Labute approximate surface area is 147 Å².